The van der Waals surface area contributed by atoms with E-state index in [1.807, 2.05) is 13.8 Å². The molecule has 0 radical (unpaired) electrons. The number of amides is 1. The highest BCUT2D eigenvalue weighted by atomic mass is 32.1. The number of aromatic nitrogens is 3. The molecule has 3 N–H and O–H groups in total. The molecule has 0 atom stereocenters. The number of hydrogen-bond acceptors (Lipinski definition) is 6. The van der Waals surface area contributed by atoms with Crippen LogP contribution in [0.2, 0.25) is 0 Å². The maximum atomic E-state index is 11.8. The number of carbonyl (C=O) groups excluding carboxylic acids is 1. The van der Waals surface area contributed by atoms with Crippen LogP contribution in [0.3, 0.4) is 0 Å². The van der Waals surface area contributed by atoms with Crippen molar-refractivity contribution < 1.29 is 4.79 Å². The predicted molar refractivity (Wildman–Crippen MR) is 70.6 cm³/mol. The van der Waals surface area contributed by atoms with Crippen LogP contribution in [-0.2, 0) is 6.42 Å². The SMILES string of the molecule is CCc1nc(NC(=O)c2ccc(N)nn2)sc1C. The minimum absolute atomic E-state index is 0.218. The van der Waals surface area contributed by atoms with Crippen LogP contribution >= 0.6 is 11.3 Å². The van der Waals surface area contributed by atoms with Crippen molar-refractivity contribution in [3.8, 4) is 0 Å². The maximum absolute atomic E-state index is 11.8. The van der Waals surface area contributed by atoms with E-state index in [1.54, 1.807) is 0 Å². The molecule has 0 aliphatic carbocycles. The first-order valence-corrected chi connectivity index (χ1v) is 6.28. The van der Waals surface area contributed by atoms with Crippen LogP contribution < -0.4 is 11.1 Å². The summed E-state index contributed by atoms with van der Waals surface area (Å²) in [7, 11) is 0. The fourth-order valence-corrected chi connectivity index (χ4v) is 2.33. The van der Waals surface area contributed by atoms with Crippen molar-refractivity contribution in [2.45, 2.75) is 20.3 Å². The highest BCUT2D eigenvalue weighted by Gasteiger charge is 2.12. The van der Waals surface area contributed by atoms with Gasteiger partial charge in [-0.1, -0.05) is 6.92 Å². The number of nitrogens with one attached hydrogen (secondary N) is 1. The monoisotopic (exact) mass is 263 g/mol. The summed E-state index contributed by atoms with van der Waals surface area (Å²) in [5.41, 5.74) is 6.62. The standard InChI is InChI=1S/C11H13N5OS/c1-3-7-6(2)18-11(13-7)14-10(17)8-4-5-9(12)16-15-8/h4-5H,3H2,1-2H3,(H2,12,16)(H,13,14,17). The zero-order valence-electron chi connectivity index (χ0n) is 10.1. The largest absolute Gasteiger partial charge is 0.382 e. The van der Waals surface area contributed by atoms with E-state index in [2.05, 4.69) is 20.5 Å². The van der Waals surface area contributed by atoms with Crippen molar-refractivity contribution in [1.82, 2.24) is 15.2 Å². The van der Waals surface area contributed by atoms with Crippen molar-refractivity contribution in [2.24, 2.45) is 0 Å². The molecule has 2 heterocycles. The number of rotatable bonds is 3. The van der Waals surface area contributed by atoms with E-state index < -0.39 is 0 Å². The summed E-state index contributed by atoms with van der Waals surface area (Å²) in [5, 5.41) is 10.6. The number of aryl methyl sites for hydroxylation is 2. The molecule has 6 nitrogen and oxygen atoms in total. The van der Waals surface area contributed by atoms with Gasteiger partial charge in [0.15, 0.2) is 10.8 Å². The van der Waals surface area contributed by atoms with Gasteiger partial charge in [0.2, 0.25) is 0 Å². The lowest BCUT2D eigenvalue weighted by Gasteiger charge is -1.99. The fraction of sp³-hybridized carbons (Fsp3) is 0.273. The smallest absolute Gasteiger partial charge is 0.277 e. The van der Waals surface area contributed by atoms with Gasteiger partial charge in [-0.3, -0.25) is 10.1 Å². The Hall–Kier alpha value is -2.02. The molecule has 2 rings (SSSR count). The second-order valence-corrected chi connectivity index (χ2v) is 4.88. The average Bonchev–Trinajstić information content (AvgIpc) is 2.70. The topological polar surface area (TPSA) is 93.8 Å². The lowest BCUT2D eigenvalue weighted by Crippen LogP contribution is -2.14. The lowest BCUT2D eigenvalue weighted by molar-refractivity contribution is 0.102. The van der Waals surface area contributed by atoms with Gasteiger partial charge in [0.1, 0.15) is 5.82 Å². The van der Waals surface area contributed by atoms with Gasteiger partial charge in [0.05, 0.1) is 5.69 Å². The molecule has 0 aromatic carbocycles. The predicted octanol–water partition coefficient (Wildman–Crippen LogP) is 1.64. The lowest BCUT2D eigenvalue weighted by atomic mass is 10.3. The second kappa shape index (κ2) is 5.09. The van der Waals surface area contributed by atoms with Gasteiger partial charge in [-0.2, -0.15) is 0 Å². The third kappa shape index (κ3) is 2.62. The third-order valence-corrected chi connectivity index (χ3v) is 3.29. The van der Waals surface area contributed by atoms with Gasteiger partial charge in [-0.05, 0) is 25.5 Å². The second-order valence-electron chi connectivity index (χ2n) is 3.67. The highest BCUT2D eigenvalue weighted by molar-refractivity contribution is 7.15. The molecule has 0 bridgehead atoms. The quantitative estimate of drug-likeness (QED) is 0.878. The summed E-state index contributed by atoms with van der Waals surface area (Å²) < 4.78 is 0. The summed E-state index contributed by atoms with van der Waals surface area (Å²) in [6.45, 7) is 4.01. The Morgan fingerprint density at radius 1 is 1.44 bits per heavy atom. The number of nitrogens with two attached hydrogens (primary N) is 1. The minimum Gasteiger partial charge on any atom is -0.382 e. The van der Waals surface area contributed by atoms with Gasteiger partial charge >= 0.3 is 0 Å². The summed E-state index contributed by atoms with van der Waals surface area (Å²) in [4.78, 5) is 17.3. The van der Waals surface area contributed by atoms with Crippen LogP contribution in [0, 0.1) is 6.92 Å². The summed E-state index contributed by atoms with van der Waals surface area (Å²) in [6, 6.07) is 3.06. The Balaban J connectivity index is 2.13. The van der Waals surface area contributed by atoms with E-state index in [-0.39, 0.29) is 17.4 Å². The minimum atomic E-state index is -0.334. The number of nitrogens with zero attached hydrogens (tertiary/aromatic N) is 3. The Kier molecular flexibility index (Phi) is 3.52. The first-order valence-electron chi connectivity index (χ1n) is 5.47. The van der Waals surface area contributed by atoms with Gasteiger partial charge < -0.3 is 5.73 Å². The van der Waals surface area contributed by atoms with Crippen LogP contribution in [0.1, 0.15) is 28.0 Å². The van der Waals surface area contributed by atoms with E-state index in [9.17, 15) is 4.79 Å². The van der Waals surface area contributed by atoms with E-state index in [1.165, 1.54) is 23.5 Å². The molecule has 2 aromatic heterocycles. The molecular weight excluding hydrogens is 250 g/mol. The summed E-state index contributed by atoms with van der Waals surface area (Å²) >= 11 is 1.45. The van der Waals surface area contributed by atoms with Gasteiger partial charge in [0, 0.05) is 4.88 Å². The van der Waals surface area contributed by atoms with Crippen molar-refractivity contribution >= 4 is 28.2 Å². The molecule has 0 saturated carbocycles. The Bertz CT molecular complexity index is 563. The summed E-state index contributed by atoms with van der Waals surface area (Å²) in [5.74, 6) is -0.0520. The van der Waals surface area contributed by atoms with E-state index in [0.717, 1.165) is 17.0 Å². The first-order chi connectivity index (χ1) is 8.60. The number of carbonyl (C=O) groups is 1. The molecule has 18 heavy (non-hydrogen) atoms. The van der Waals surface area contributed by atoms with Gasteiger partial charge in [-0.15, -0.1) is 21.5 Å². The highest BCUT2D eigenvalue weighted by Crippen LogP contribution is 2.22. The fourth-order valence-electron chi connectivity index (χ4n) is 1.43. The van der Waals surface area contributed by atoms with Gasteiger partial charge in [-0.25, -0.2) is 4.98 Å². The number of hydrogen-bond donors (Lipinski definition) is 2. The van der Waals surface area contributed by atoms with Crippen LogP contribution in [0.25, 0.3) is 0 Å². The Morgan fingerprint density at radius 3 is 2.78 bits per heavy atom. The average molecular weight is 263 g/mol. The van der Waals surface area contributed by atoms with Gasteiger partial charge in [0.25, 0.3) is 5.91 Å². The van der Waals surface area contributed by atoms with Crippen molar-refractivity contribution in [3.63, 3.8) is 0 Å². The van der Waals surface area contributed by atoms with E-state index in [0.29, 0.717) is 5.13 Å². The van der Waals surface area contributed by atoms with Crippen LogP contribution in [0.4, 0.5) is 10.9 Å². The zero-order chi connectivity index (χ0) is 13.1. The number of anilines is 2. The molecule has 0 spiro atoms. The Morgan fingerprint density at radius 2 is 2.22 bits per heavy atom. The Labute approximate surface area is 108 Å². The molecule has 94 valence electrons. The zero-order valence-corrected chi connectivity index (χ0v) is 10.9. The molecular formula is C11H13N5OS. The number of nitrogen functional groups attached to an aromatic ring is 1. The third-order valence-electron chi connectivity index (χ3n) is 2.37. The van der Waals surface area contributed by atoms with Crippen molar-refractivity contribution in [1.29, 1.82) is 0 Å². The molecule has 0 aliphatic rings. The molecule has 7 heteroatoms. The number of thiazole rings is 1. The molecule has 0 aliphatic heterocycles. The van der Waals surface area contributed by atoms with E-state index in [4.69, 9.17) is 5.73 Å². The summed E-state index contributed by atoms with van der Waals surface area (Å²) in [6.07, 6.45) is 0.847. The van der Waals surface area contributed by atoms with Crippen LogP contribution in [-0.4, -0.2) is 21.1 Å². The molecule has 0 unspecified atom stereocenters. The van der Waals surface area contributed by atoms with Crippen LogP contribution in [0.5, 0.6) is 0 Å². The van der Waals surface area contributed by atoms with Crippen molar-refractivity contribution in [2.75, 3.05) is 11.1 Å². The normalized spacial score (nSPS) is 10.3. The van der Waals surface area contributed by atoms with E-state index >= 15 is 0 Å². The molecule has 0 fully saturated rings. The first kappa shape index (κ1) is 12.4. The molecule has 2 aromatic rings. The maximum Gasteiger partial charge on any atom is 0.277 e. The molecule has 1 amide bonds. The molecule has 0 saturated heterocycles. The van der Waals surface area contributed by atoms with Crippen molar-refractivity contribution in [3.05, 3.63) is 28.4 Å². The van der Waals surface area contributed by atoms with Crippen LogP contribution in [0.15, 0.2) is 12.1 Å².